The fraction of sp³-hybridized carbons (Fsp3) is 0.615. The van der Waals surface area contributed by atoms with Gasteiger partial charge in [0.05, 0.1) is 24.6 Å². The minimum absolute atomic E-state index is 0.0356. The van der Waals surface area contributed by atoms with Crippen molar-refractivity contribution in [3.05, 3.63) is 35.8 Å². The lowest BCUT2D eigenvalue weighted by Gasteiger charge is -2.44. The Bertz CT molecular complexity index is 1230. The van der Waals surface area contributed by atoms with Gasteiger partial charge >= 0.3 is 0 Å². The Morgan fingerprint density at radius 3 is 2.50 bits per heavy atom. The van der Waals surface area contributed by atoms with Crippen molar-refractivity contribution in [3.8, 4) is 11.3 Å². The number of methoxy groups -OCH3 is 1. The molecule has 2 saturated heterocycles. The van der Waals surface area contributed by atoms with Crippen molar-refractivity contribution in [1.82, 2.24) is 19.9 Å². The average molecular weight is 568 g/mol. The first-order valence-electron chi connectivity index (χ1n) is 13.2. The highest BCUT2D eigenvalue weighted by Gasteiger charge is 2.48. The van der Waals surface area contributed by atoms with E-state index >= 15 is 0 Å². The van der Waals surface area contributed by atoms with Crippen LogP contribution in [0.4, 0.5) is 13.2 Å². The number of aliphatic hydroxyl groups excluding tert-OH is 2. The van der Waals surface area contributed by atoms with E-state index in [4.69, 9.17) is 14.3 Å². The maximum atomic E-state index is 13.8. The number of ether oxygens (including phenoxy) is 2. The monoisotopic (exact) mass is 567 g/mol. The van der Waals surface area contributed by atoms with Crippen LogP contribution in [0.25, 0.3) is 11.3 Å². The highest BCUT2D eigenvalue weighted by Crippen LogP contribution is 2.36. The van der Waals surface area contributed by atoms with Crippen molar-refractivity contribution in [2.24, 2.45) is 11.1 Å². The SMILES string of the molecule is CO[C@@H]1[C@@H](n2cc(-c3cc(F)c(F)c(F)c3)nn2)[C@@H](O)[C@@H](CO)O[C@@H]1CC1CC(C2CCN(C(C)=O)CC2)=NO1. The molecule has 6 atom stereocenters. The molecule has 2 aromatic rings. The third-order valence-corrected chi connectivity index (χ3v) is 7.99. The van der Waals surface area contributed by atoms with Crippen LogP contribution in [0.15, 0.2) is 23.5 Å². The minimum atomic E-state index is -1.59. The molecule has 4 heterocycles. The van der Waals surface area contributed by atoms with Gasteiger partial charge in [-0.2, -0.15) is 0 Å². The second-order valence-corrected chi connectivity index (χ2v) is 10.4. The molecule has 1 aromatic carbocycles. The van der Waals surface area contributed by atoms with Crippen molar-refractivity contribution in [2.75, 3.05) is 26.8 Å². The Balaban J connectivity index is 1.30. The number of aromatic nitrogens is 3. The van der Waals surface area contributed by atoms with Crippen LogP contribution in [0.1, 0.15) is 38.6 Å². The standard InChI is InChI=1S/C26H32F3N5O6/c1-13(36)33-5-3-14(4-6-33)19-9-16(40-31-19)10-21-26(38-2)24(25(37)22(12-35)39-21)34-11-20(30-32-34)15-7-17(27)23(29)18(28)8-15/h7-8,11,14,16,21-22,24-26,35,37H,3-6,9-10,12H2,1-2H3/t16?,21-,22-,24+,25+,26+/m1/s1. The van der Waals surface area contributed by atoms with Gasteiger partial charge in [0.15, 0.2) is 17.5 Å². The molecule has 1 aromatic heterocycles. The quantitative estimate of drug-likeness (QED) is 0.485. The molecule has 0 aliphatic carbocycles. The van der Waals surface area contributed by atoms with Crippen LogP contribution in [-0.2, 0) is 19.1 Å². The summed E-state index contributed by atoms with van der Waals surface area (Å²) in [6.45, 7) is 2.43. The lowest BCUT2D eigenvalue weighted by Crippen LogP contribution is -2.57. The summed E-state index contributed by atoms with van der Waals surface area (Å²) in [4.78, 5) is 19.2. The van der Waals surface area contributed by atoms with Crippen LogP contribution in [0, 0.1) is 23.4 Å². The fourth-order valence-corrected chi connectivity index (χ4v) is 5.82. The van der Waals surface area contributed by atoms with E-state index in [0.29, 0.717) is 25.9 Å². The summed E-state index contributed by atoms with van der Waals surface area (Å²) in [5, 5.41) is 33.3. The molecule has 1 amide bonds. The minimum Gasteiger partial charge on any atom is -0.394 e. The number of rotatable bonds is 7. The second-order valence-electron chi connectivity index (χ2n) is 10.4. The molecule has 218 valence electrons. The Kier molecular flexibility index (Phi) is 8.40. The molecule has 0 radical (unpaired) electrons. The lowest BCUT2D eigenvalue weighted by molar-refractivity contribution is -0.219. The number of hydrogen-bond acceptors (Lipinski definition) is 9. The van der Waals surface area contributed by atoms with Gasteiger partial charge in [0, 0.05) is 51.4 Å². The third-order valence-electron chi connectivity index (χ3n) is 7.99. The van der Waals surface area contributed by atoms with E-state index < -0.39 is 54.5 Å². The van der Waals surface area contributed by atoms with Crippen LogP contribution in [-0.4, -0.2) is 99.1 Å². The number of nitrogens with zero attached hydrogens (tertiary/aromatic N) is 5. The molecule has 0 bridgehead atoms. The lowest BCUT2D eigenvalue weighted by atomic mass is 9.86. The van der Waals surface area contributed by atoms with E-state index in [1.165, 1.54) is 18.0 Å². The van der Waals surface area contributed by atoms with Gasteiger partial charge < -0.3 is 29.4 Å². The summed E-state index contributed by atoms with van der Waals surface area (Å²) >= 11 is 0. The molecule has 1 unspecified atom stereocenters. The van der Waals surface area contributed by atoms with Gasteiger partial charge in [-0.1, -0.05) is 10.4 Å². The Hall–Kier alpha value is -3.07. The highest BCUT2D eigenvalue weighted by atomic mass is 19.2. The number of carbonyl (C=O) groups excluding carboxylic acids is 1. The van der Waals surface area contributed by atoms with Crippen molar-refractivity contribution in [3.63, 3.8) is 0 Å². The Morgan fingerprint density at radius 2 is 1.88 bits per heavy atom. The van der Waals surface area contributed by atoms with Gasteiger partial charge in [0.25, 0.3) is 0 Å². The maximum absolute atomic E-state index is 13.8. The second kappa shape index (κ2) is 11.8. The summed E-state index contributed by atoms with van der Waals surface area (Å²) in [7, 11) is 1.45. The number of oxime groups is 1. The van der Waals surface area contributed by atoms with Crippen LogP contribution >= 0.6 is 0 Å². The largest absolute Gasteiger partial charge is 0.394 e. The zero-order valence-electron chi connectivity index (χ0n) is 22.1. The maximum Gasteiger partial charge on any atom is 0.219 e. The summed E-state index contributed by atoms with van der Waals surface area (Å²) in [6.07, 6.45) is -0.0558. The van der Waals surface area contributed by atoms with Crippen molar-refractivity contribution >= 4 is 11.6 Å². The number of halogens is 3. The van der Waals surface area contributed by atoms with E-state index in [9.17, 15) is 28.2 Å². The van der Waals surface area contributed by atoms with Crippen LogP contribution in [0.2, 0.25) is 0 Å². The predicted octanol–water partition coefficient (Wildman–Crippen LogP) is 1.83. The molecule has 14 heteroatoms. The highest BCUT2D eigenvalue weighted by molar-refractivity contribution is 5.88. The topological polar surface area (TPSA) is 132 Å². The first kappa shape index (κ1) is 28.5. The average Bonchev–Trinajstić information content (AvgIpc) is 3.62. The Labute approximate surface area is 228 Å². The summed E-state index contributed by atoms with van der Waals surface area (Å²) in [5.41, 5.74) is 0.955. The third kappa shape index (κ3) is 5.57. The molecular weight excluding hydrogens is 535 g/mol. The summed E-state index contributed by atoms with van der Waals surface area (Å²) < 4.78 is 54.1. The molecular formula is C26H32F3N5O6. The fourth-order valence-electron chi connectivity index (χ4n) is 5.82. The van der Waals surface area contributed by atoms with E-state index in [0.717, 1.165) is 30.7 Å². The number of amides is 1. The molecule has 3 aliphatic heterocycles. The molecule has 5 rings (SSSR count). The van der Waals surface area contributed by atoms with Crippen molar-refractivity contribution in [1.29, 1.82) is 0 Å². The number of carbonyl (C=O) groups is 1. The van der Waals surface area contributed by atoms with Crippen LogP contribution < -0.4 is 0 Å². The number of likely N-dealkylation sites (tertiary alicyclic amines) is 1. The molecule has 2 N–H and O–H groups in total. The molecule has 2 fully saturated rings. The molecule has 0 spiro atoms. The first-order chi connectivity index (χ1) is 19.2. The van der Waals surface area contributed by atoms with Gasteiger partial charge in [0.1, 0.15) is 36.2 Å². The predicted molar refractivity (Wildman–Crippen MR) is 133 cm³/mol. The smallest absolute Gasteiger partial charge is 0.219 e. The zero-order chi connectivity index (χ0) is 28.6. The molecule has 3 aliphatic rings. The molecule has 0 saturated carbocycles. The number of aliphatic hydroxyl groups is 2. The van der Waals surface area contributed by atoms with Gasteiger partial charge in [-0.25, -0.2) is 17.9 Å². The van der Waals surface area contributed by atoms with Crippen LogP contribution in [0.3, 0.4) is 0 Å². The molecule has 40 heavy (non-hydrogen) atoms. The van der Waals surface area contributed by atoms with E-state index in [1.807, 2.05) is 4.90 Å². The van der Waals surface area contributed by atoms with Gasteiger partial charge in [-0.05, 0) is 25.0 Å². The van der Waals surface area contributed by atoms with Gasteiger partial charge in [0.2, 0.25) is 5.91 Å². The number of piperidine rings is 1. The van der Waals surface area contributed by atoms with E-state index in [2.05, 4.69) is 15.5 Å². The number of hydrogen-bond donors (Lipinski definition) is 2. The summed E-state index contributed by atoms with van der Waals surface area (Å²) in [6, 6.07) is 0.730. The van der Waals surface area contributed by atoms with E-state index in [1.54, 1.807) is 6.92 Å². The van der Waals surface area contributed by atoms with Crippen molar-refractivity contribution < 1.29 is 42.5 Å². The van der Waals surface area contributed by atoms with Crippen LogP contribution in [0.5, 0.6) is 0 Å². The van der Waals surface area contributed by atoms with Crippen molar-refractivity contribution in [2.45, 2.75) is 69.2 Å². The Morgan fingerprint density at radius 1 is 1.18 bits per heavy atom. The summed E-state index contributed by atoms with van der Waals surface area (Å²) in [5.74, 6) is -4.04. The normalized spacial score (nSPS) is 29.4. The van der Waals surface area contributed by atoms with Gasteiger partial charge in [-0.3, -0.25) is 4.79 Å². The molecule has 11 nitrogen and oxygen atoms in total. The zero-order valence-corrected chi connectivity index (χ0v) is 22.1. The number of benzene rings is 1. The first-order valence-corrected chi connectivity index (χ1v) is 13.2. The van der Waals surface area contributed by atoms with Gasteiger partial charge in [-0.15, -0.1) is 5.10 Å². The van der Waals surface area contributed by atoms with E-state index in [-0.39, 0.29) is 29.2 Å².